The lowest BCUT2D eigenvalue weighted by Gasteiger charge is -2.31. The zero-order chi connectivity index (χ0) is 18.3. The zero-order valence-electron chi connectivity index (χ0n) is 15.7. The Labute approximate surface area is 145 Å². The lowest BCUT2D eigenvalue weighted by Crippen LogP contribution is -2.42. The fourth-order valence-corrected chi connectivity index (χ4v) is 2.46. The molecule has 0 saturated carbocycles. The molecule has 0 heterocycles. The number of hydrogen-bond donors (Lipinski definition) is 1. The van der Waals surface area contributed by atoms with Crippen LogP contribution in [0.4, 0.5) is 4.79 Å². The highest BCUT2D eigenvalue weighted by atomic mass is 16.6. The van der Waals surface area contributed by atoms with Crippen LogP contribution in [0.15, 0.2) is 24.3 Å². The smallest absolute Gasteiger partial charge is 0.410 e. The molecule has 1 N–H and O–H groups in total. The number of hydrogen-bond acceptors (Lipinski definition) is 4. The van der Waals surface area contributed by atoms with E-state index in [1.165, 1.54) is 0 Å². The maximum Gasteiger partial charge on any atom is 0.410 e. The highest BCUT2D eigenvalue weighted by molar-refractivity contribution is 5.68. The van der Waals surface area contributed by atoms with Crippen molar-refractivity contribution in [2.45, 2.75) is 71.8 Å². The molecule has 0 aliphatic carbocycles. The molecule has 0 aliphatic heterocycles. The number of nitrogens with zero attached hydrogens (tertiary/aromatic N) is 1. The Hall–Kier alpha value is -1.75. The fraction of sp³-hybridized carbons (Fsp3) is 0.632. The predicted octanol–water partition coefficient (Wildman–Crippen LogP) is 3.98. The van der Waals surface area contributed by atoms with Gasteiger partial charge >= 0.3 is 6.09 Å². The van der Waals surface area contributed by atoms with Gasteiger partial charge in [-0.25, -0.2) is 4.79 Å². The van der Waals surface area contributed by atoms with Gasteiger partial charge in [-0.15, -0.1) is 0 Å². The first kappa shape index (κ1) is 20.3. The molecular weight excluding hydrogens is 306 g/mol. The molecule has 1 aromatic rings. The van der Waals surface area contributed by atoms with Gasteiger partial charge in [0.25, 0.3) is 0 Å². The second-order valence-corrected chi connectivity index (χ2v) is 7.12. The van der Waals surface area contributed by atoms with Crippen LogP contribution in [0.2, 0.25) is 0 Å². The fourth-order valence-electron chi connectivity index (χ4n) is 2.46. The van der Waals surface area contributed by atoms with Gasteiger partial charge in [-0.2, -0.15) is 0 Å². The number of rotatable bonds is 7. The minimum Gasteiger partial charge on any atom is -0.491 e. The molecule has 1 aromatic carbocycles. The van der Waals surface area contributed by atoms with Crippen LogP contribution in [0, 0.1) is 0 Å². The molecule has 0 saturated heterocycles. The molecule has 24 heavy (non-hydrogen) atoms. The van der Waals surface area contributed by atoms with Crippen molar-refractivity contribution in [3.05, 3.63) is 29.8 Å². The van der Waals surface area contributed by atoms with Crippen molar-refractivity contribution in [3.8, 4) is 5.75 Å². The Morgan fingerprint density at radius 2 is 2.00 bits per heavy atom. The molecule has 5 heteroatoms. The number of ether oxygens (including phenoxy) is 2. The van der Waals surface area contributed by atoms with Crippen LogP contribution in [0.5, 0.6) is 5.75 Å². The van der Waals surface area contributed by atoms with Gasteiger partial charge in [0.05, 0.1) is 12.7 Å². The zero-order valence-corrected chi connectivity index (χ0v) is 15.7. The first-order valence-corrected chi connectivity index (χ1v) is 8.48. The minimum absolute atomic E-state index is 0.00938. The summed E-state index contributed by atoms with van der Waals surface area (Å²) in [5.41, 5.74) is 0.314. The molecule has 0 fully saturated rings. The first-order valence-electron chi connectivity index (χ1n) is 8.48. The van der Waals surface area contributed by atoms with Crippen LogP contribution in [-0.4, -0.2) is 40.9 Å². The van der Waals surface area contributed by atoms with Crippen molar-refractivity contribution >= 4 is 6.09 Å². The molecule has 136 valence electrons. The summed E-state index contributed by atoms with van der Waals surface area (Å²) in [6, 6.07) is 7.44. The summed E-state index contributed by atoms with van der Waals surface area (Å²) in [6.07, 6.45) is 1.15. The van der Waals surface area contributed by atoms with Crippen molar-refractivity contribution in [2.75, 3.05) is 7.05 Å². The van der Waals surface area contributed by atoms with Gasteiger partial charge in [0, 0.05) is 19.5 Å². The second kappa shape index (κ2) is 8.92. The molecule has 1 rings (SSSR count). The van der Waals surface area contributed by atoms with Gasteiger partial charge in [0.2, 0.25) is 0 Å². The third kappa shape index (κ3) is 6.79. The van der Waals surface area contributed by atoms with Gasteiger partial charge in [-0.05, 0) is 51.8 Å². The van der Waals surface area contributed by atoms with E-state index in [1.807, 2.05) is 58.9 Å². The Balaban J connectivity index is 2.64. The van der Waals surface area contributed by atoms with Crippen LogP contribution < -0.4 is 4.74 Å². The van der Waals surface area contributed by atoms with E-state index in [2.05, 4.69) is 0 Å². The van der Waals surface area contributed by atoms with Crippen molar-refractivity contribution in [3.63, 3.8) is 0 Å². The van der Waals surface area contributed by atoms with E-state index < -0.39 is 5.60 Å². The molecule has 1 amide bonds. The standard InChI is InChI=1S/C19H31NO4/c1-7-16(20(6)18(22)24-19(3,4)5)11-14(2)23-17-10-8-9-15(12-17)13-21/h8-10,12,14,16,21H,7,11,13H2,1-6H3/t14-,16-/m1/s1. The van der Waals surface area contributed by atoms with Gasteiger partial charge < -0.3 is 19.5 Å². The number of carbonyl (C=O) groups is 1. The maximum absolute atomic E-state index is 12.2. The average Bonchev–Trinajstić information content (AvgIpc) is 2.50. The minimum atomic E-state index is -0.503. The maximum atomic E-state index is 12.2. The van der Waals surface area contributed by atoms with Gasteiger partial charge in [0.15, 0.2) is 0 Å². The lowest BCUT2D eigenvalue weighted by atomic mass is 10.1. The van der Waals surface area contributed by atoms with Crippen LogP contribution in [-0.2, 0) is 11.3 Å². The van der Waals surface area contributed by atoms with E-state index in [0.29, 0.717) is 6.42 Å². The third-order valence-corrected chi connectivity index (χ3v) is 3.72. The average molecular weight is 337 g/mol. The molecule has 0 aromatic heterocycles. The second-order valence-electron chi connectivity index (χ2n) is 7.12. The molecule has 0 radical (unpaired) electrons. The Morgan fingerprint density at radius 1 is 1.33 bits per heavy atom. The van der Waals surface area contributed by atoms with E-state index in [-0.39, 0.29) is 24.8 Å². The Kier molecular flexibility index (Phi) is 7.55. The summed E-state index contributed by atoms with van der Waals surface area (Å²) < 4.78 is 11.4. The van der Waals surface area contributed by atoms with Crippen molar-refractivity contribution < 1.29 is 19.4 Å². The summed E-state index contributed by atoms with van der Waals surface area (Å²) in [5, 5.41) is 9.19. The molecule has 0 unspecified atom stereocenters. The molecule has 0 aliphatic rings. The Bertz CT molecular complexity index is 524. The molecule has 0 bridgehead atoms. The van der Waals surface area contributed by atoms with E-state index in [0.717, 1.165) is 17.7 Å². The van der Waals surface area contributed by atoms with Gasteiger partial charge in [0.1, 0.15) is 11.4 Å². The van der Waals surface area contributed by atoms with Crippen LogP contribution in [0.25, 0.3) is 0 Å². The van der Waals surface area contributed by atoms with Gasteiger partial charge in [-0.3, -0.25) is 0 Å². The molecule has 2 atom stereocenters. The molecular formula is C19H31NO4. The molecule has 5 nitrogen and oxygen atoms in total. The number of amides is 1. The topological polar surface area (TPSA) is 59.0 Å². The van der Waals surface area contributed by atoms with E-state index in [9.17, 15) is 9.90 Å². The monoisotopic (exact) mass is 337 g/mol. The highest BCUT2D eigenvalue weighted by Crippen LogP contribution is 2.20. The number of benzene rings is 1. The normalized spacial score (nSPS) is 14.0. The number of carbonyl (C=O) groups excluding carboxylic acids is 1. The van der Waals surface area contributed by atoms with E-state index >= 15 is 0 Å². The Morgan fingerprint density at radius 3 is 2.54 bits per heavy atom. The summed E-state index contributed by atoms with van der Waals surface area (Å²) in [5.74, 6) is 0.726. The van der Waals surface area contributed by atoms with Crippen molar-refractivity contribution in [2.24, 2.45) is 0 Å². The van der Waals surface area contributed by atoms with Crippen molar-refractivity contribution in [1.82, 2.24) is 4.90 Å². The van der Waals surface area contributed by atoms with Crippen LogP contribution in [0.1, 0.15) is 53.0 Å². The first-order chi connectivity index (χ1) is 11.2. The largest absolute Gasteiger partial charge is 0.491 e. The van der Waals surface area contributed by atoms with E-state index in [4.69, 9.17) is 9.47 Å². The summed E-state index contributed by atoms with van der Waals surface area (Å²) in [6.45, 7) is 9.60. The predicted molar refractivity (Wildman–Crippen MR) is 95.1 cm³/mol. The summed E-state index contributed by atoms with van der Waals surface area (Å²) in [7, 11) is 1.77. The van der Waals surface area contributed by atoms with Crippen LogP contribution in [0.3, 0.4) is 0 Å². The summed E-state index contributed by atoms with van der Waals surface area (Å²) in [4.78, 5) is 13.9. The SMILES string of the molecule is CC[C@H](C[C@@H](C)Oc1cccc(CO)c1)N(C)C(=O)OC(C)(C)C. The highest BCUT2D eigenvalue weighted by Gasteiger charge is 2.26. The van der Waals surface area contributed by atoms with Crippen LogP contribution >= 0.6 is 0 Å². The van der Waals surface area contributed by atoms with E-state index in [1.54, 1.807) is 11.9 Å². The van der Waals surface area contributed by atoms with Crippen molar-refractivity contribution in [1.29, 1.82) is 0 Å². The lowest BCUT2D eigenvalue weighted by molar-refractivity contribution is 0.0179. The third-order valence-electron chi connectivity index (χ3n) is 3.72. The van der Waals surface area contributed by atoms with Gasteiger partial charge in [-0.1, -0.05) is 19.1 Å². The summed E-state index contributed by atoms with van der Waals surface area (Å²) >= 11 is 0. The molecule has 0 spiro atoms. The quantitative estimate of drug-likeness (QED) is 0.817. The number of aliphatic hydroxyl groups is 1. The number of aliphatic hydroxyl groups excluding tert-OH is 1.